The Bertz CT molecular complexity index is 613. The molecule has 0 saturated heterocycles. The third-order valence-electron chi connectivity index (χ3n) is 2.87. The summed E-state index contributed by atoms with van der Waals surface area (Å²) in [6.45, 7) is 1.29. The van der Waals surface area contributed by atoms with E-state index in [9.17, 15) is 14.7 Å². The van der Waals surface area contributed by atoms with Gasteiger partial charge >= 0.3 is 0 Å². The fourth-order valence-corrected chi connectivity index (χ4v) is 2.16. The highest BCUT2D eigenvalue weighted by Gasteiger charge is 2.31. The highest BCUT2D eigenvalue weighted by Crippen LogP contribution is 2.32. The monoisotopic (exact) mass is 296 g/mol. The van der Waals surface area contributed by atoms with E-state index < -0.39 is 11.8 Å². The number of aryl methyl sites for hydroxylation is 1. The Morgan fingerprint density at radius 3 is 2.70 bits per heavy atom. The van der Waals surface area contributed by atoms with Gasteiger partial charge in [0.1, 0.15) is 11.4 Å². The van der Waals surface area contributed by atoms with Gasteiger partial charge in [0.15, 0.2) is 0 Å². The van der Waals surface area contributed by atoms with Crippen molar-refractivity contribution in [3.8, 4) is 5.75 Å². The van der Waals surface area contributed by atoms with Gasteiger partial charge in [0.25, 0.3) is 11.8 Å². The molecule has 0 spiro atoms. The van der Waals surface area contributed by atoms with E-state index in [1.807, 2.05) is 0 Å². The average molecular weight is 297 g/mol. The molecule has 20 heavy (non-hydrogen) atoms. The first-order valence-corrected chi connectivity index (χ1v) is 6.26. The number of nitrogens with one attached hydrogen (secondary N) is 1. The number of carbonyl (C=O) groups is 2. The number of halogens is 1. The Hall–Kier alpha value is -2.05. The minimum Gasteiger partial charge on any atom is -0.505 e. The van der Waals surface area contributed by atoms with Crippen LogP contribution in [0, 0.1) is 6.92 Å². The summed E-state index contributed by atoms with van der Waals surface area (Å²) in [4.78, 5) is 24.4. The number of anilines is 1. The summed E-state index contributed by atoms with van der Waals surface area (Å²) in [5.41, 5.74) is 0.818. The van der Waals surface area contributed by atoms with Crippen LogP contribution in [0.4, 0.5) is 5.69 Å². The van der Waals surface area contributed by atoms with Gasteiger partial charge < -0.3 is 15.5 Å². The summed E-state index contributed by atoms with van der Waals surface area (Å²) in [5, 5.41) is 21.8. The zero-order valence-electron chi connectivity index (χ0n) is 10.7. The van der Waals surface area contributed by atoms with Crippen molar-refractivity contribution in [2.75, 3.05) is 18.5 Å². The molecule has 1 aliphatic heterocycles. The van der Waals surface area contributed by atoms with Gasteiger partial charge in [-0.15, -0.1) is 0 Å². The van der Waals surface area contributed by atoms with Crippen LogP contribution in [0.5, 0.6) is 5.75 Å². The summed E-state index contributed by atoms with van der Waals surface area (Å²) in [6.07, 6.45) is 1.12. The van der Waals surface area contributed by atoms with Crippen molar-refractivity contribution >= 4 is 29.1 Å². The molecule has 0 atom stereocenters. The molecule has 1 aliphatic rings. The maximum Gasteiger partial charge on any atom is 0.277 e. The number of hydrogen-bond donors (Lipinski definition) is 3. The molecular formula is C13H13ClN2O4. The number of nitrogens with zero attached hydrogens (tertiary/aromatic N) is 1. The standard InChI is InChI=1S/C13H13ClN2O4/c1-7-4-8(14)5-9(12(7)19)15-10-6-11(18)16(2-3-17)13(10)20/h4-6,15,17,19H,2-3H2,1H3. The van der Waals surface area contributed by atoms with E-state index in [2.05, 4.69) is 5.32 Å². The van der Waals surface area contributed by atoms with E-state index >= 15 is 0 Å². The zero-order chi connectivity index (χ0) is 14.9. The Morgan fingerprint density at radius 2 is 2.05 bits per heavy atom. The topological polar surface area (TPSA) is 89.9 Å². The van der Waals surface area contributed by atoms with E-state index in [-0.39, 0.29) is 30.3 Å². The van der Waals surface area contributed by atoms with Gasteiger partial charge in [-0.25, -0.2) is 0 Å². The van der Waals surface area contributed by atoms with Gasteiger partial charge in [-0.3, -0.25) is 14.5 Å². The van der Waals surface area contributed by atoms with Crippen molar-refractivity contribution in [2.45, 2.75) is 6.92 Å². The minimum absolute atomic E-state index is 0.0282. The molecule has 0 bridgehead atoms. The first-order valence-electron chi connectivity index (χ1n) is 5.88. The maximum atomic E-state index is 11.9. The molecular weight excluding hydrogens is 284 g/mol. The molecule has 1 heterocycles. The lowest BCUT2D eigenvalue weighted by atomic mass is 10.2. The average Bonchev–Trinajstić information content (AvgIpc) is 2.63. The second kappa shape index (κ2) is 5.52. The van der Waals surface area contributed by atoms with Gasteiger partial charge in [-0.2, -0.15) is 0 Å². The number of carbonyl (C=O) groups excluding carboxylic acids is 2. The van der Waals surface area contributed by atoms with Gasteiger partial charge in [-0.05, 0) is 24.6 Å². The molecule has 7 heteroatoms. The van der Waals surface area contributed by atoms with E-state index in [1.165, 1.54) is 6.07 Å². The second-order valence-corrected chi connectivity index (χ2v) is 4.76. The lowest BCUT2D eigenvalue weighted by molar-refractivity contribution is -0.137. The van der Waals surface area contributed by atoms with Crippen LogP contribution in [0.3, 0.4) is 0 Å². The number of aliphatic hydroxyl groups is 1. The first-order chi connectivity index (χ1) is 9.43. The first kappa shape index (κ1) is 14.4. The van der Waals surface area contributed by atoms with E-state index in [4.69, 9.17) is 16.7 Å². The van der Waals surface area contributed by atoms with E-state index in [0.717, 1.165) is 11.0 Å². The predicted octanol–water partition coefficient (Wildman–Crippen LogP) is 1.01. The van der Waals surface area contributed by atoms with Crippen LogP contribution in [0.2, 0.25) is 5.02 Å². The number of β-amino-alcohol motifs (C(OH)–C–C–N with tert-alkyl or cyclic N) is 1. The van der Waals surface area contributed by atoms with Crippen LogP contribution in [-0.2, 0) is 9.59 Å². The van der Waals surface area contributed by atoms with Crippen LogP contribution >= 0.6 is 11.6 Å². The Balaban J connectivity index is 2.26. The Labute approximate surface area is 120 Å². The number of imide groups is 1. The number of phenols is 1. The van der Waals surface area contributed by atoms with Crippen LogP contribution in [0.25, 0.3) is 0 Å². The smallest absolute Gasteiger partial charge is 0.277 e. The normalized spacial score (nSPS) is 14.8. The highest BCUT2D eigenvalue weighted by molar-refractivity contribution is 6.31. The molecule has 0 fully saturated rings. The molecule has 0 radical (unpaired) electrons. The molecule has 0 aromatic heterocycles. The fraction of sp³-hybridized carbons (Fsp3) is 0.231. The minimum atomic E-state index is -0.555. The summed E-state index contributed by atoms with van der Waals surface area (Å²) in [6, 6.07) is 3.04. The van der Waals surface area contributed by atoms with E-state index in [0.29, 0.717) is 10.6 Å². The van der Waals surface area contributed by atoms with Crippen LogP contribution in [0.15, 0.2) is 23.9 Å². The largest absolute Gasteiger partial charge is 0.505 e. The number of phenolic OH excluding ortho intramolecular Hbond substituents is 1. The molecule has 2 rings (SSSR count). The molecule has 1 aromatic carbocycles. The third-order valence-corrected chi connectivity index (χ3v) is 3.09. The van der Waals surface area contributed by atoms with Gasteiger partial charge in [0, 0.05) is 11.1 Å². The Kier molecular flexibility index (Phi) is 3.96. The fourth-order valence-electron chi connectivity index (χ4n) is 1.89. The van der Waals surface area contributed by atoms with Crippen LogP contribution in [-0.4, -0.2) is 40.1 Å². The molecule has 1 aromatic rings. The summed E-state index contributed by atoms with van der Waals surface area (Å²) in [7, 11) is 0. The van der Waals surface area contributed by atoms with Crippen LogP contribution in [0.1, 0.15) is 5.56 Å². The molecule has 2 amide bonds. The predicted molar refractivity (Wildman–Crippen MR) is 73.4 cm³/mol. The lowest BCUT2D eigenvalue weighted by Crippen LogP contribution is -2.34. The van der Waals surface area contributed by atoms with Gasteiger partial charge in [0.2, 0.25) is 0 Å². The number of amides is 2. The van der Waals surface area contributed by atoms with Crippen molar-refractivity contribution in [3.05, 3.63) is 34.5 Å². The zero-order valence-corrected chi connectivity index (χ0v) is 11.4. The third kappa shape index (κ3) is 2.61. The molecule has 6 nitrogen and oxygen atoms in total. The van der Waals surface area contributed by atoms with Crippen molar-refractivity contribution in [1.82, 2.24) is 4.90 Å². The van der Waals surface area contributed by atoms with Gasteiger partial charge in [-0.1, -0.05) is 11.6 Å². The maximum absolute atomic E-state index is 11.9. The molecule has 106 valence electrons. The van der Waals surface area contributed by atoms with Gasteiger partial charge in [0.05, 0.1) is 18.8 Å². The van der Waals surface area contributed by atoms with Crippen molar-refractivity contribution < 1.29 is 19.8 Å². The molecule has 3 N–H and O–H groups in total. The summed E-state index contributed by atoms with van der Waals surface area (Å²) in [5.74, 6) is -1.11. The highest BCUT2D eigenvalue weighted by atomic mass is 35.5. The summed E-state index contributed by atoms with van der Waals surface area (Å²) < 4.78 is 0. The van der Waals surface area contributed by atoms with Crippen LogP contribution < -0.4 is 5.32 Å². The van der Waals surface area contributed by atoms with Crippen molar-refractivity contribution in [2.24, 2.45) is 0 Å². The lowest BCUT2D eigenvalue weighted by Gasteiger charge is -2.14. The quantitative estimate of drug-likeness (QED) is 0.570. The number of benzene rings is 1. The molecule has 0 aliphatic carbocycles. The summed E-state index contributed by atoms with van der Waals surface area (Å²) >= 11 is 5.89. The second-order valence-electron chi connectivity index (χ2n) is 4.32. The van der Waals surface area contributed by atoms with Crippen molar-refractivity contribution in [3.63, 3.8) is 0 Å². The number of aliphatic hydroxyl groups excluding tert-OH is 1. The van der Waals surface area contributed by atoms with E-state index in [1.54, 1.807) is 13.0 Å². The Morgan fingerprint density at radius 1 is 1.35 bits per heavy atom. The number of rotatable bonds is 4. The molecule has 0 unspecified atom stereocenters. The number of aromatic hydroxyl groups is 1. The number of hydrogen-bond acceptors (Lipinski definition) is 5. The molecule has 0 saturated carbocycles. The van der Waals surface area contributed by atoms with Crippen molar-refractivity contribution in [1.29, 1.82) is 0 Å². The SMILES string of the molecule is Cc1cc(Cl)cc(NC2=CC(=O)N(CCO)C2=O)c1O.